The monoisotopic (exact) mass is 449 g/mol. The second-order valence-corrected chi connectivity index (χ2v) is 9.75. The molecule has 162 valence electrons. The zero-order valence-electron chi connectivity index (χ0n) is 16.2. The van der Waals surface area contributed by atoms with Gasteiger partial charge >= 0.3 is 19.7 Å². The van der Waals surface area contributed by atoms with Crippen molar-refractivity contribution >= 4 is 36.9 Å². The van der Waals surface area contributed by atoms with Crippen molar-refractivity contribution in [1.29, 1.82) is 0 Å². The number of aliphatic carboxylic acids is 1. The number of aromatic nitrogens is 1. The number of nitrogens with one attached hydrogen (secondary N) is 2. The molecule has 2 unspecified atom stereocenters. The lowest BCUT2D eigenvalue weighted by Gasteiger charge is -2.40. The van der Waals surface area contributed by atoms with E-state index in [1.807, 2.05) is 0 Å². The molecule has 0 bridgehead atoms. The van der Waals surface area contributed by atoms with Gasteiger partial charge in [-0.2, -0.15) is 0 Å². The number of rotatable bonds is 9. The normalized spacial score (nSPS) is 24.4. The van der Waals surface area contributed by atoms with Gasteiger partial charge in [0, 0.05) is 29.5 Å². The summed E-state index contributed by atoms with van der Waals surface area (Å²) >= 11 is 1.26. The summed E-state index contributed by atoms with van der Waals surface area (Å²) in [5.74, 6) is -2.32. The molecule has 1 fully saturated rings. The first-order chi connectivity index (χ1) is 13.6. The number of carboxylic acids is 1. The number of nitrogens with zero attached hydrogens (tertiary/aromatic N) is 1. The molecular formula is C16H24N3O8PS. The maximum absolute atomic E-state index is 13.0. The Hall–Kier alpha value is -1.85. The minimum atomic E-state index is -4.09. The summed E-state index contributed by atoms with van der Waals surface area (Å²) in [6.07, 6.45) is 0.333. The van der Waals surface area contributed by atoms with Crippen LogP contribution >= 0.6 is 19.1 Å². The smallest absolute Gasteiger partial charge is 0.407 e. The van der Waals surface area contributed by atoms with Crippen molar-refractivity contribution in [1.82, 2.24) is 15.4 Å². The van der Waals surface area contributed by atoms with Crippen molar-refractivity contribution in [2.24, 2.45) is 5.41 Å². The molecule has 2 rings (SSSR count). The van der Waals surface area contributed by atoms with Crippen molar-refractivity contribution in [2.75, 3.05) is 20.3 Å². The maximum Gasteiger partial charge on any atom is 0.407 e. The number of carbonyl (C=O) groups is 3. The van der Waals surface area contributed by atoms with Crippen LogP contribution in [0, 0.1) is 5.41 Å². The minimum Gasteiger partial charge on any atom is -0.480 e. The zero-order chi connectivity index (χ0) is 21.7. The van der Waals surface area contributed by atoms with Crippen LogP contribution in [0.4, 0.5) is 0 Å². The molecule has 1 aromatic heterocycles. The first-order valence-corrected chi connectivity index (χ1v) is 11.1. The third-order valence-electron chi connectivity index (χ3n) is 4.16. The van der Waals surface area contributed by atoms with Gasteiger partial charge in [-0.25, -0.2) is 9.65 Å². The fraction of sp³-hybridized carbons (Fsp3) is 0.625. The number of methoxy groups -OCH3 is 1. The average Bonchev–Trinajstić information content (AvgIpc) is 3.16. The summed E-state index contributed by atoms with van der Waals surface area (Å²) in [6, 6.07) is -1.26. The van der Waals surface area contributed by atoms with E-state index >= 15 is 0 Å². The summed E-state index contributed by atoms with van der Waals surface area (Å²) in [4.78, 5) is 39.8. The van der Waals surface area contributed by atoms with Crippen molar-refractivity contribution in [3.63, 3.8) is 0 Å². The first kappa shape index (κ1) is 23.4. The van der Waals surface area contributed by atoms with Gasteiger partial charge in [-0.1, -0.05) is 13.8 Å². The van der Waals surface area contributed by atoms with E-state index in [1.54, 1.807) is 19.4 Å². The van der Waals surface area contributed by atoms with E-state index in [0.717, 1.165) is 0 Å². The highest BCUT2D eigenvalue weighted by atomic mass is 32.1. The summed E-state index contributed by atoms with van der Waals surface area (Å²) < 4.78 is 28.3. The second kappa shape index (κ2) is 9.77. The van der Waals surface area contributed by atoms with Gasteiger partial charge in [0.25, 0.3) is 0 Å². The number of hydrogen-bond donors (Lipinski definition) is 3. The lowest BCUT2D eigenvalue weighted by molar-refractivity contribution is -0.141. The average molecular weight is 449 g/mol. The Morgan fingerprint density at radius 2 is 2.21 bits per heavy atom. The fourth-order valence-corrected chi connectivity index (χ4v) is 5.10. The molecule has 1 amide bonds. The highest BCUT2D eigenvalue weighted by molar-refractivity contribution is 7.51. The molecule has 1 aliphatic rings. The van der Waals surface area contributed by atoms with Gasteiger partial charge in [-0.3, -0.25) is 28.4 Å². The predicted molar refractivity (Wildman–Crippen MR) is 102 cm³/mol. The van der Waals surface area contributed by atoms with Crippen molar-refractivity contribution in [3.05, 3.63) is 16.6 Å². The van der Waals surface area contributed by atoms with Gasteiger partial charge < -0.3 is 15.2 Å². The Morgan fingerprint density at radius 1 is 1.48 bits per heavy atom. The molecule has 1 aliphatic heterocycles. The van der Waals surface area contributed by atoms with E-state index in [-0.39, 0.29) is 26.0 Å². The van der Waals surface area contributed by atoms with Crippen LogP contribution in [-0.2, 0) is 39.2 Å². The third kappa shape index (κ3) is 6.58. The van der Waals surface area contributed by atoms with Crippen LogP contribution in [0.1, 0.15) is 25.1 Å². The third-order valence-corrected chi connectivity index (χ3v) is 6.54. The van der Waals surface area contributed by atoms with Crippen LogP contribution in [0.3, 0.4) is 0 Å². The molecule has 0 aromatic carbocycles. The van der Waals surface area contributed by atoms with Crippen LogP contribution in [0.2, 0.25) is 0 Å². The number of amides is 1. The number of ether oxygens (including phenoxy) is 1. The summed E-state index contributed by atoms with van der Waals surface area (Å²) in [7, 11) is -2.85. The van der Waals surface area contributed by atoms with E-state index in [9.17, 15) is 24.1 Å². The Labute approximate surface area is 171 Å². The molecule has 11 nitrogen and oxygen atoms in total. The Morgan fingerprint density at radius 3 is 2.79 bits per heavy atom. The van der Waals surface area contributed by atoms with Crippen LogP contribution in [0.5, 0.6) is 0 Å². The van der Waals surface area contributed by atoms with Crippen LogP contribution in [0.25, 0.3) is 0 Å². The highest BCUT2D eigenvalue weighted by Crippen LogP contribution is 2.53. The summed E-state index contributed by atoms with van der Waals surface area (Å²) in [5, 5.41) is 14.4. The molecule has 0 radical (unpaired) electrons. The minimum absolute atomic E-state index is 0.0170. The second-order valence-electron chi connectivity index (χ2n) is 7.05. The standard InChI is InChI=1S/C16H24N3O8PS/c1-16(2)8-26-28(24,19-11(15(22)23)6-10-7-17-9-29-10)27-13(16)14(21)18-5-4-12(20)25-3/h7,9,11,13H,4-6,8H2,1-3H3,(H,18,21)(H,19,24)(H,22,23)/t11?,13-,28?/m0/s1. The number of thiazole rings is 1. The predicted octanol–water partition coefficient (Wildman–Crippen LogP) is 0.957. The number of carbonyl (C=O) groups excluding carboxylic acids is 2. The molecule has 13 heteroatoms. The molecule has 3 atom stereocenters. The van der Waals surface area contributed by atoms with Gasteiger partial charge in [-0.15, -0.1) is 11.3 Å². The van der Waals surface area contributed by atoms with Gasteiger partial charge in [0.2, 0.25) is 5.91 Å². The molecule has 29 heavy (non-hydrogen) atoms. The molecule has 3 N–H and O–H groups in total. The topological polar surface area (TPSA) is 153 Å². The van der Waals surface area contributed by atoms with Crippen molar-refractivity contribution < 1.29 is 37.8 Å². The Kier molecular flexibility index (Phi) is 7.89. The zero-order valence-corrected chi connectivity index (χ0v) is 18.0. The van der Waals surface area contributed by atoms with E-state index in [2.05, 4.69) is 20.1 Å². The quantitative estimate of drug-likeness (QED) is 0.367. The molecule has 0 saturated carbocycles. The van der Waals surface area contributed by atoms with Gasteiger partial charge in [0.1, 0.15) is 6.04 Å². The van der Waals surface area contributed by atoms with E-state index in [4.69, 9.17) is 9.05 Å². The van der Waals surface area contributed by atoms with Crippen LogP contribution < -0.4 is 10.4 Å². The van der Waals surface area contributed by atoms with E-state index in [0.29, 0.717) is 4.88 Å². The molecule has 1 saturated heterocycles. The van der Waals surface area contributed by atoms with E-state index < -0.39 is 43.2 Å². The lowest BCUT2D eigenvalue weighted by Crippen LogP contribution is -2.52. The number of hydrogen-bond acceptors (Lipinski definition) is 9. The number of esters is 1. The van der Waals surface area contributed by atoms with Gasteiger partial charge in [0.15, 0.2) is 6.10 Å². The Balaban J connectivity index is 2.06. The van der Waals surface area contributed by atoms with Gasteiger partial charge in [0.05, 0.1) is 25.6 Å². The summed E-state index contributed by atoms with van der Waals surface area (Å²) in [5.41, 5.74) is 0.725. The maximum atomic E-state index is 13.0. The van der Waals surface area contributed by atoms with Gasteiger partial charge in [-0.05, 0) is 0 Å². The fourth-order valence-electron chi connectivity index (χ4n) is 2.52. The van der Waals surface area contributed by atoms with Crippen LogP contribution in [0.15, 0.2) is 11.7 Å². The van der Waals surface area contributed by atoms with Crippen molar-refractivity contribution in [2.45, 2.75) is 38.8 Å². The van der Waals surface area contributed by atoms with Crippen molar-refractivity contribution in [3.8, 4) is 0 Å². The SMILES string of the molecule is COC(=O)CCNC(=O)[C@@H]1OP(=O)(NC(Cc2cncs2)C(=O)O)OCC1(C)C. The molecule has 0 aliphatic carbocycles. The molecule has 2 heterocycles. The van der Waals surface area contributed by atoms with E-state index in [1.165, 1.54) is 24.6 Å². The molecule has 1 aromatic rings. The Bertz CT molecular complexity index is 785. The largest absolute Gasteiger partial charge is 0.480 e. The number of carboxylic acid groups (broad SMARTS) is 1. The van der Waals surface area contributed by atoms with Crippen LogP contribution in [-0.4, -0.2) is 60.3 Å². The highest BCUT2D eigenvalue weighted by Gasteiger charge is 2.49. The first-order valence-electron chi connectivity index (χ1n) is 8.72. The molecular weight excluding hydrogens is 425 g/mol. The lowest BCUT2D eigenvalue weighted by atomic mass is 9.87. The molecule has 0 spiro atoms. The summed E-state index contributed by atoms with van der Waals surface area (Å²) in [6.45, 7) is 3.29.